The lowest BCUT2D eigenvalue weighted by Crippen LogP contribution is -2.46. The Bertz CT molecular complexity index is 753. The third-order valence-electron chi connectivity index (χ3n) is 4.57. The van der Waals surface area contributed by atoms with Crippen molar-refractivity contribution < 1.29 is 17.9 Å². The van der Waals surface area contributed by atoms with Gasteiger partial charge < -0.3 is 25.0 Å². The first-order valence-corrected chi connectivity index (χ1v) is 11.0. The van der Waals surface area contributed by atoms with Crippen molar-refractivity contribution in [1.82, 2.24) is 15.4 Å². The topological polar surface area (TPSA) is 104 Å². The maximum Gasteiger partial charge on any atom is 0.211 e. The standard InChI is InChI=1S/C18H31N5O4S.HI/c1-5-28(24,25)21-8-7-20-18(19-2)22-14-6-9-23(13-14)15-10-16(26-3)12-17(11-15)27-4;/h10-12,14,21H,5-9,13H2,1-4H3,(H2,19,20,22);1H. The van der Waals surface area contributed by atoms with Crippen molar-refractivity contribution in [2.75, 3.05) is 58.1 Å². The zero-order valence-electron chi connectivity index (χ0n) is 17.4. The number of ether oxygens (including phenoxy) is 2. The van der Waals surface area contributed by atoms with E-state index in [0.29, 0.717) is 19.0 Å². The molecule has 29 heavy (non-hydrogen) atoms. The van der Waals surface area contributed by atoms with E-state index in [4.69, 9.17) is 9.47 Å². The van der Waals surface area contributed by atoms with Crippen molar-refractivity contribution in [3.05, 3.63) is 18.2 Å². The molecule has 0 saturated carbocycles. The minimum Gasteiger partial charge on any atom is -0.497 e. The summed E-state index contributed by atoms with van der Waals surface area (Å²) in [6.07, 6.45) is 0.961. The minimum absolute atomic E-state index is 0. The molecule has 0 aromatic heterocycles. The van der Waals surface area contributed by atoms with Crippen LogP contribution in [0.4, 0.5) is 5.69 Å². The van der Waals surface area contributed by atoms with Crippen molar-refractivity contribution in [2.45, 2.75) is 19.4 Å². The van der Waals surface area contributed by atoms with Crippen LogP contribution in [0.15, 0.2) is 23.2 Å². The summed E-state index contributed by atoms with van der Waals surface area (Å²) in [5.74, 6) is 2.26. The maximum absolute atomic E-state index is 11.4. The summed E-state index contributed by atoms with van der Waals surface area (Å²) in [5.41, 5.74) is 1.05. The first-order chi connectivity index (χ1) is 13.4. The number of benzene rings is 1. The number of sulfonamides is 1. The summed E-state index contributed by atoms with van der Waals surface area (Å²) in [4.78, 5) is 6.49. The number of guanidine groups is 1. The molecule has 2 rings (SSSR count). The van der Waals surface area contributed by atoms with Gasteiger partial charge in [-0.15, -0.1) is 24.0 Å². The van der Waals surface area contributed by atoms with Gasteiger partial charge in [0.25, 0.3) is 0 Å². The second-order valence-electron chi connectivity index (χ2n) is 6.44. The molecule has 0 spiro atoms. The quantitative estimate of drug-likeness (QED) is 0.186. The molecule has 1 fully saturated rings. The van der Waals surface area contributed by atoms with Crippen LogP contribution in [-0.4, -0.2) is 73.6 Å². The summed E-state index contributed by atoms with van der Waals surface area (Å²) in [6.45, 7) is 4.11. The SMILES string of the molecule is CCS(=O)(=O)NCCNC(=NC)NC1CCN(c2cc(OC)cc(OC)c2)C1.I. The second kappa shape index (κ2) is 12.3. The Balaban J connectivity index is 0.00000420. The molecule has 0 radical (unpaired) electrons. The minimum atomic E-state index is -3.17. The van der Waals surface area contributed by atoms with Gasteiger partial charge in [-0.2, -0.15) is 0 Å². The molecular formula is C18H32IN5O4S. The highest BCUT2D eigenvalue weighted by atomic mass is 127. The Morgan fingerprint density at radius 2 is 1.86 bits per heavy atom. The molecule has 0 bridgehead atoms. The van der Waals surface area contributed by atoms with E-state index in [9.17, 15) is 8.42 Å². The van der Waals surface area contributed by atoms with Gasteiger partial charge in [0.2, 0.25) is 10.0 Å². The zero-order valence-corrected chi connectivity index (χ0v) is 20.5. The number of nitrogens with zero attached hydrogens (tertiary/aromatic N) is 2. The molecule has 1 aromatic carbocycles. The Morgan fingerprint density at radius 3 is 2.41 bits per heavy atom. The normalized spacial score (nSPS) is 16.9. The van der Waals surface area contributed by atoms with E-state index in [1.807, 2.05) is 18.2 Å². The Labute approximate surface area is 190 Å². The molecule has 1 aromatic rings. The van der Waals surface area contributed by atoms with Gasteiger partial charge in [-0.25, -0.2) is 13.1 Å². The van der Waals surface area contributed by atoms with Gasteiger partial charge in [-0.05, 0) is 13.3 Å². The second-order valence-corrected chi connectivity index (χ2v) is 8.54. The van der Waals surface area contributed by atoms with Crippen LogP contribution >= 0.6 is 24.0 Å². The van der Waals surface area contributed by atoms with Crippen LogP contribution in [0.2, 0.25) is 0 Å². The van der Waals surface area contributed by atoms with E-state index >= 15 is 0 Å². The fraction of sp³-hybridized carbons (Fsp3) is 0.611. The van der Waals surface area contributed by atoms with Crippen LogP contribution in [0.1, 0.15) is 13.3 Å². The summed E-state index contributed by atoms with van der Waals surface area (Å²) in [6, 6.07) is 6.08. The largest absolute Gasteiger partial charge is 0.497 e. The number of methoxy groups -OCH3 is 2. The van der Waals surface area contributed by atoms with Gasteiger partial charge in [0.15, 0.2) is 5.96 Å². The number of aliphatic imine (C=N–C) groups is 1. The molecule has 1 aliphatic heterocycles. The average molecular weight is 541 g/mol. The molecular weight excluding hydrogens is 509 g/mol. The van der Waals surface area contributed by atoms with Crippen LogP contribution in [0.3, 0.4) is 0 Å². The predicted octanol–water partition coefficient (Wildman–Crippen LogP) is 1.00. The number of nitrogens with one attached hydrogen (secondary N) is 3. The molecule has 11 heteroatoms. The van der Waals surface area contributed by atoms with Crippen LogP contribution < -0.4 is 29.7 Å². The fourth-order valence-corrected chi connectivity index (χ4v) is 3.58. The summed E-state index contributed by atoms with van der Waals surface area (Å²) in [7, 11) is 1.81. The molecule has 166 valence electrons. The van der Waals surface area contributed by atoms with E-state index in [1.54, 1.807) is 28.2 Å². The molecule has 9 nitrogen and oxygen atoms in total. The summed E-state index contributed by atoms with van der Waals surface area (Å²) in [5, 5.41) is 6.53. The van der Waals surface area contributed by atoms with Crippen molar-refractivity contribution in [3.8, 4) is 11.5 Å². The highest BCUT2D eigenvalue weighted by Crippen LogP contribution is 2.30. The lowest BCUT2D eigenvalue weighted by molar-refractivity contribution is 0.394. The summed E-state index contributed by atoms with van der Waals surface area (Å²) < 4.78 is 36.1. The van der Waals surface area contributed by atoms with Crippen molar-refractivity contribution in [2.24, 2.45) is 4.99 Å². The molecule has 1 aliphatic rings. The molecule has 0 amide bonds. The lowest BCUT2D eigenvalue weighted by Gasteiger charge is -2.21. The first-order valence-electron chi connectivity index (χ1n) is 9.33. The Kier molecular flexibility index (Phi) is 10.8. The van der Waals surface area contributed by atoms with Gasteiger partial charge in [0, 0.05) is 63.2 Å². The number of anilines is 1. The van der Waals surface area contributed by atoms with Gasteiger partial charge in [-0.1, -0.05) is 0 Å². The third-order valence-corrected chi connectivity index (χ3v) is 5.98. The van der Waals surface area contributed by atoms with E-state index in [2.05, 4.69) is 25.2 Å². The lowest BCUT2D eigenvalue weighted by atomic mass is 10.2. The van der Waals surface area contributed by atoms with Gasteiger partial charge >= 0.3 is 0 Å². The zero-order chi connectivity index (χ0) is 20.6. The van der Waals surface area contributed by atoms with Crippen LogP contribution in [0.5, 0.6) is 11.5 Å². The monoisotopic (exact) mass is 541 g/mol. The molecule has 1 saturated heterocycles. The number of hydrogen-bond acceptors (Lipinski definition) is 6. The van der Waals surface area contributed by atoms with E-state index in [1.165, 1.54) is 0 Å². The highest BCUT2D eigenvalue weighted by molar-refractivity contribution is 14.0. The highest BCUT2D eigenvalue weighted by Gasteiger charge is 2.24. The predicted molar refractivity (Wildman–Crippen MR) is 128 cm³/mol. The van der Waals surface area contributed by atoms with Gasteiger partial charge in [0.1, 0.15) is 11.5 Å². The Morgan fingerprint density at radius 1 is 1.21 bits per heavy atom. The average Bonchev–Trinajstić information content (AvgIpc) is 3.18. The Hall–Kier alpha value is -1.47. The first kappa shape index (κ1) is 25.6. The van der Waals surface area contributed by atoms with Crippen LogP contribution in [-0.2, 0) is 10.0 Å². The molecule has 1 atom stereocenters. The smallest absolute Gasteiger partial charge is 0.211 e. The molecule has 1 unspecified atom stereocenters. The van der Waals surface area contributed by atoms with E-state index in [-0.39, 0.29) is 35.8 Å². The number of hydrogen-bond donors (Lipinski definition) is 3. The number of halogens is 1. The van der Waals surface area contributed by atoms with Crippen molar-refractivity contribution in [1.29, 1.82) is 0 Å². The van der Waals surface area contributed by atoms with Gasteiger partial charge in [0.05, 0.1) is 20.0 Å². The van der Waals surface area contributed by atoms with E-state index in [0.717, 1.165) is 36.7 Å². The number of rotatable bonds is 9. The maximum atomic E-state index is 11.4. The molecule has 1 heterocycles. The summed E-state index contributed by atoms with van der Waals surface area (Å²) >= 11 is 0. The molecule has 0 aliphatic carbocycles. The van der Waals surface area contributed by atoms with Crippen LogP contribution in [0.25, 0.3) is 0 Å². The van der Waals surface area contributed by atoms with Gasteiger partial charge in [-0.3, -0.25) is 4.99 Å². The van der Waals surface area contributed by atoms with Crippen molar-refractivity contribution in [3.63, 3.8) is 0 Å². The van der Waals surface area contributed by atoms with Crippen molar-refractivity contribution >= 4 is 45.6 Å². The molecule has 3 N–H and O–H groups in total. The fourth-order valence-electron chi connectivity index (χ4n) is 2.97. The third kappa shape index (κ3) is 8.05. The van der Waals surface area contributed by atoms with E-state index < -0.39 is 10.0 Å². The van der Waals surface area contributed by atoms with Crippen LogP contribution in [0, 0.1) is 0 Å².